The van der Waals surface area contributed by atoms with Crippen LogP contribution in [0.25, 0.3) is 0 Å². The molecule has 0 radical (unpaired) electrons. The Morgan fingerprint density at radius 2 is 1.86 bits per heavy atom. The third-order valence-electron chi connectivity index (χ3n) is 2.07. The van der Waals surface area contributed by atoms with E-state index in [1.807, 2.05) is 11.8 Å². The van der Waals surface area contributed by atoms with E-state index in [1.54, 1.807) is 0 Å². The number of hydrogen-bond donors (Lipinski definition) is 0. The average molecular weight is 320 g/mol. The molecule has 1 aromatic carbocycles. The summed E-state index contributed by atoms with van der Waals surface area (Å²) in [5.41, 5.74) is 1.45. The van der Waals surface area contributed by atoms with Gasteiger partial charge in [0.2, 0.25) is 0 Å². The third-order valence-corrected chi connectivity index (χ3v) is 3.91. The van der Waals surface area contributed by atoms with Gasteiger partial charge in [0, 0.05) is 9.32 Å². The Morgan fingerprint density at radius 3 is 2.50 bits per heavy atom. The number of halogens is 1. The second-order valence-electron chi connectivity index (χ2n) is 3.39. The van der Waals surface area contributed by atoms with E-state index in [-0.39, 0.29) is 0 Å². The predicted octanol–water partition coefficient (Wildman–Crippen LogP) is 4.71. The normalized spacial score (nSPS) is 10.4. The summed E-state index contributed by atoms with van der Waals surface area (Å²) in [6.07, 6.45) is 4.06. The Morgan fingerprint density at radius 1 is 1.14 bits per heavy atom. The van der Waals surface area contributed by atoms with E-state index in [0.717, 1.165) is 0 Å². The summed E-state index contributed by atoms with van der Waals surface area (Å²) >= 11 is 4.40. The summed E-state index contributed by atoms with van der Waals surface area (Å²) in [5.74, 6) is 2.47. The minimum atomic E-state index is 1.17. The highest BCUT2D eigenvalue weighted by atomic mass is 127. The molecule has 0 bridgehead atoms. The van der Waals surface area contributed by atoms with Crippen molar-refractivity contribution < 1.29 is 0 Å². The highest BCUT2D eigenvalue weighted by Crippen LogP contribution is 2.15. The molecule has 0 aliphatic heterocycles. The zero-order valence-corrected chi connectivity index (χ0v) is 11.6. The molecule has 1 rings (SSSR count). The number of unbranched alkanes of at least 4 members (excludes halogenated alkanes) is 2. The summed E-state index contributed by atoms with van der Waals surface area (Å²) in [4.78, 5) is 0. The third kappa shape index (κ3) is 5.25. The number of benzene rings is 1. The Kier molecular flexibility index (Phi) is 6.69. The Bertz CT molecular complexity index is 243. The van der Waals surface area contributed by atoms with E-state index in [0.29, 0.717) is 0 Å². The number of hydrogen-bond acceptors (Lipinski definition) is 1. The van der Waals surface area contributed by atoms with E-state index >= 15 is 0 Å². The van der Waals surface area contributed by atoms with Crippen molar-refractivity contribution in [3.8, 4) is 0 Å². The topological polar surface area (TPSA) is 0 Å². The second kappa shape index (κ2) is 7.57. The zero-order chi connectivity index (χ0) is 10.2. The van der Waals surface area contributed by atoms with Crippen LogP contribution >= 0.6 is 34.4 Å². The average Bonchev–Trinajstić information content (AvgIpc) is 2.21. The molecule has 14 heavy (non-hydrogen) atoms. The Labute approximate surface area is 105 Å². The van der Waals surface area contributed by atoms with E-state index in [9.17, 15) is 0 Å². The number of thioether (sulfide) groups is 1. The van der Waals surface area contributed by atoms with Gasteiger partial charge < -0.3 is 0 Å². The molecule has 0 fully saturated rings. The van der Waals surface area contributed by atoms with Gasteiger partial charge in [-0.2, -0.15) is 11.8 Å². The first-order valence-electron chi connectivity index (χ1n) is 5.15. The molecule has 0 saturated carbocycles. The van der Waals surface area contributed by atoms with Gasteiger partial charge >= 0.3 is 0 Å². The fourth-order valence-electron chi connectivity index (χ4n) is 1.22. The Balaban J connectivity index is 2.15. The second-order valence-corrected chi connectivity index (χ2v) is 5.74. The van der Waals surface area contributed by atoms with Crippen LogP contribution in [0.3, 0.4) is 0 Å². The molecule has 0 aliphatic rings. The van der Waals surface area contributed by atoms with Gasteiger partial charge in [0.1, 0.15) is 0 Å². The molecule has 2 heteroatoms. The van der Waals surface area contributed by atoms with E-state index in [1.165, 1.54) is 39.9 Å². The summed E-state index contributed by atoms with van der Waals surface area (Å²) in [7, 11) is 0. The van der Waals surface area contributed by atoms with Crippen LogP contribution in [0.15, 0.2) is 24.3 Å². The molecule has 0 aromatic heterocycles. The molecule has 0 atom stereocenters. The molecule has 0 heterocycles. The smallest absolute Gasteiger partial charge is 0.0184 e. The first-order chi connectivity index (χ1) is 6.83. The minimum Gasteiger partial charge on any atom is -0.157 e. The van der Waals surface area contributed by atoms with Gasteiger partial charge in [-0.25, -0.2) is 0 Å². The molecule has 78 valence electrons. The highest BCUT2D eigenvalue weighted by Gasteiger charge is 1.93. The van der Waals surface area contributed by atoms with Crippen molar-refractivity contribution >= 4 is 34.4 Å². The fourth-order valence-corrected chi connectivity index (χ4v) is 2.57. The summed E-state index contributed by atoms with van der Waals surface area (Å²) in [5, 5.41) is 0. The van der Waals surface area contributed by atoms with Gasteiger partial charge in [0.05, 0.1) is 0 Å². The van der Waals surface area contributed by atoms with Crippen LogP contribution in [0.4, 0.5) is 0 Å². The van der Waals surface area contributed by atoms with Crippen LogP contribution in [0, 0.1) is 3.57 Å². The largest absolute Gasteiger partial charge is 0.157 e. The quantitative estimate of drug-likeness (QED) is 0.540. The summed E-state index contributed by atoms with van der Waals surface area (Å²) < 4.78 is 1.32. The van der Waals surface area contributed by atoms with E-state index in [2.05, 4.69) is 53.8 Å². The van der Waals surface area contributed by atoms with Crippen molar-refractivity contribution in [3.05, 3.63) is 33.4 Å². The fraction of sp³-hybridized carbons (Fsp3) is 0.500. The van der Waals surface area contributed by atoms with Gasteiger partial charge in [-0.15, -0.1) is 0 Å². The predicted molar refractivity (Wildman–Crippen MR) is 74.8 cm³/mol. The van der Waals surface area contributed by atoms with Gasteiger partial charge in [-0.1, -0.05) is 31.9 Å². The van der Waals surface area contributed by atoms with Gasteiger partial charge in [-0.3, -0.25) is 0 Å². The Hall–Kier alpha value is 0.300. The molecule has 0 aliphatic carbocycles. The maximum Gasteiger partial charge on any atom is 0.0184 e. The monoisotopic (exact) mass is 320 g/mol. The molecule has 0 unspecified atom stereocenters. The molecule has 0 spiro atoms. The van der Waals surface area contributed by atoms with Crippen molar-refractivity contribution in [1.29, 1.82) is 0 Å². The maximum absolute atomic E-state index is 2.35. The highest BCUT2D eigenvalue weighted by molar-refractivity contribution is 14.1. The van der Waals surface area contributed by atoms with Crippen molar-refractivity contribution in [1.82, 2.24) is 0 Å². The van der Waals surface area contributed by atoms with Crippen molar-refractivity contribution in [2.75, 3.05) is 5.75 Å². The van der Waals surface area contributed by atoms with Crippen LogP contribution in [0.5, 0.6) is 0 Å². The van der Waals surface area contributed by atoms with Crippen molar-refractivity contribution in [3.63, 3.8) is 0 Å². The summed E-state index contributed by atoms with van der Waals surface area (Å²) in [6.45, 7) is 2.25. The van der Waals surface area contributed by atoms with Crippen LogP contribution in [0.1, 0.15) is 31.7 Å². The first kappa shape index (κ1) is 12.4. The van der Waals surface area contributed by atoms with E-state index < -0.39 is 0 Å². The van der Waals surface area contributed by atoms with Gasteiger partial charge in [-0.05, 0) is 52.5 Å². The first-order valence-corrected chi connectivity index (χ1v) is 7.38. The molecular formula is C12H17IS. The lowest BCUT2D eigenvalue weighted by molar-refractivity contribution is 0.778. The van der Waals surface area contributed by atoms with Crippen molar-refractivity contribution in [2.45, 2.75) is 31.9 Å². The lowest BCUT2D eigenvalue weighted by atomic mass is 10.2. The lowest BCUT2D eigenvalue weighted by Gasteiger charge is -2.01. The maximum atomic E-state index is 2.35. The molecule has 0 amide bonds. The van der Waals surface area contributed by atoms with Crippen LogP contribution in [0.2, 0.25) is 0 Å². The molecule has 1 aromatic rings. The van der Waals surface area contributed by atoms with E-state index in [4.69, 9.17) is 0 Å². The zero-order valence-electron chi connectivity index (χ0n) is 8.63. The molecule has 0 N–H and O–H groups in total. The van der Waals surface area contributed by atoms with Crippen LogP contribution < -0.4 is 0 Å². The standard InChI is InChI=1S/C12H17IS/c1-2-3-4-9-14-10-11-5-7-12(13)8-6-11/h5-8H,2-4,9-10H2,1H3. The minimum absolute atomic E-state index is 1.17. The number of rotatable bonds is 6. The molecule has 0 nitrogen and oxygen atoms in total. The SMILES string of the molecule is CCCCCSCc1ccc(I)cc1. The van der Waals surface area contributed by atoms with Gasteiger partial charge in [0.25, 0.3) is 0 Å². The summed E-state index contributed by atoms with van der Waals surface area (Å²) in [6, 6.07) is 8.83. The van der Waals surface area contributed by atoms with Crippen LogP contribution in [-0.4, -0.2) is 5.75 Å². The van der Waals surface area contributed by atoms with Gasteiger partial charge in [0.15, 0.2) is 0 Å². The molecular weight excluding hydrogens is 303 g/mol. The van der Waals surface area contributed by atoms with Crippen molar-refractivity contribution in [2.24, 2.45) is 0 Å². The molecule has 0 saturated heterocycles. The van der Waals surface area contributed by atoms with Crippen LogP contribution in [-0.2, 0) is 5.75 Å². The lowest BCUT2D eigenvalue weighted by Crippen LogP contribution is -1.84.